The summed E-state index contributed by atoms with van der Waals surface area (Å²) < 4.78 is 1.85. The Morgan fingerprint density at radius 3 is 2.92 bits per heavy atom. The molecule has 0 aliphatic heterocycles. The first-order valence-corrected chi connectivity index (χ1v) is 4.35. The average Bonchev–Trinajstić information content (AvgIpc) is 2.49. The molecule has 1 aromatic rings. The first-order chi connectivity index (χ1) is 5.79. The van der Waals surface area contributed by atoms with Gasteiger partial charge in [0, 0.05) is 12.6 Å². The summed E-state index contributed by atoms with van der Waals surface area (Å²) in [6.07, 6.45) is 4.41. The third-order valence-corrected chi connectivity index (χ3v) is 1.58. The Morgan fingerprint density at radius 1 is 1.50 bits per heavy atom. The van der Waals surface area contributed by atoms with Gasteiger partial charge in [0.05, 0.1) is 0 Å². The van der Waals surface area contributed by atoms with Gasteiger partial charge in [0.25, 0.3) is 0 Å². The lowest BCUT2D eigenvalue weighted by Gasteiger charge is -2.06. The molecule has 1 rings (SSSR count). The molecule has 0 atom stereocenters. The molecule has 0 saturated heterocycles. The van der Waals surface area contributed by atoms with E-state index in [1.165, 1.54) is 0 Å². The van der Waals surface area contributed by atoms with Gasteiger partial charge in [-0.2, -0.15) is 5.10 Å². The van der Waals surface area contributed by atoms with Gasteiger partial charge in [0.1, 0.15) is 12.7 Å². The van der Waals surface area contributed by atoms with Gasteiger partial charge < -0.3 is 5.32 Å². The van der Waals surface area contributed by atoms with Crippen LogP contribution >= 0.6 is 0 Å². The van der Waals surface area contributed by atoms with Crippen LogP contribution in [0.2, 0.25) is 0 Å². The molecule has 1 heterocycles. The monoisotopic (exact) mass is 168 g/mol. The summed E-state index contributed by atoms with van der Waals surface area (Å²) in [5, 5.41) is 7.36. The number of hydrogen-bond donors (Lipinski definition) is 1. The normalized spacial score (nSPS) is 10.9. The fourth-order valence-corrected chi connectivity index (χ4v) is 0.980. The first-order valence-electron chi connectivity index (χ1n) is 4.35. The van der Waals surface area contributed by atoms with Crippen molar-refractivity contribution in [3.63, 3.8) is 0 Å². The van der Waals surface area contributed by atoms with Crippen LogP contribution in [0.15, 0.2) is 12.7 Å². The highest BCUT2D eigenvalue weighted by atomic mass is 15.3. The standard InChI is InChI=1S/C8H16N4/c1-8(2)10-4-3-5-12-7-9-6-11-12/h6-8,10H,3-5H2,1-2H3. The highest BCUT2D eigenvalue weighted by molar-refractivity contribution is 4.57. The van der Waals surface area contributed by atoms with Crippen LogP contribution in [0.5, 0.6) is 0 Å². The molecule has 1 N–H and O–H groups in total. The van der Waals surface area contributed by atoms with E-state index in [1.807, 2.05) is 4.68 Å². The lowest BCUT2D eigenvalue weighted by Crippen LogP contribution is -2.24. The maximum atomic E-state index is 4.01. The van der Waals surface area contributed by atoms with Crippen LogP contribution in [-0.2, 0) is 6.54 Å². The second-order valence-electron chi connectivity index (χ2n) is 3.12. The molecule has 0 amide bonds. The predicted molar refractivity (Wildman–Crippen MR) is 47.8 cm³/mol. The quantitative estimate of drug-likeness (QED) is 0.657. The van der Waals surface area contributed by atoms with Crippen LogP contribution in [-0.4, -0.2) is 27.4 Å². The van der Waals surface area contributed by atoms with Crippen molar-refractivity contribution in [3.8, 4) is 0 Å². The van der Waals surface area contributed by atoms with Crippen molar-refractivity contribution in [2.24, 2.45) is 0 Å². The number of aromatic nitrogens is 3. The van der Waals surface area contributed by atoms with E-state index in [1.54, 1.807) is 12.7 Å². The van der Waals surface area contributed by atoms with Gasteiger partial charge in [-0.3, -0.25) is 4.68 Å². The van der Waals surface area contributed by atoms with E-state index in [0.29, 0.717) is 6.04 Å². The minimum Gasteiger partial charge on any atom is -0.314 e. The third-order valence-electron chi connectivity index (χ3n) is 1.58. The summed E-state index contributed by atoms with van der Waals surface area (Å²) in [6.45, 7) is 6.28. The number of nitrogens with one attached hydrogen (secondary N) is 1. The van der Waals surface area contributed by atoms with Gasteiger partial charge in [0.2, 0.25) is 0 Å². The van der Waals surface area contributed by atoms with E-state index in [9.17, 15) is 0 Å². The van der Waals surface area contributed by atoms with Crippen molar-refractivity contribution < 1.29 is 0 Å². The smallest absolute Gasteiger partial charge is 0.137 e. The highest BCUT2D eigenvalue weighted by Gasteiger charge is 1.93. The molecule has 0 aromatic carbocycles. The average molecular weight is 168 g/mol. The minimum absolute atomic E-state index is 0.570. The van der Waals surface area contributed by atoms with Crippen LogP contribution in [0.1, 0.15) is 20.3 Å². The van der Waals surface area contributed by atoms with E-state index in [4.69, 9.17) is 0 Å². The molecule has 0 spiro atoms. The fraction of sp³-hybridized carbons (Fsp3) is 0.750. The van der Waals surface area contributed by atoms with E-state index in [0.717, 1.165) is 19.5 Å². The zero-order valence-corrected chi connectivity index (χ0v) is 7.70. The third kappa shape index (κ3) is 3.48. The van der Waals surface area contributed by atoms with Gasteiger partial charge >= 0.3 is 0 Å². The van der Waals surface area contributed by atoms with Gasteiger partial charge in [-0.15, -0.1) is 0 Å². The van der Waals surface area contributed by atoms with Gasteiger partial charge in [-0.05, 0) is 13.0 Å². The van der Waals surface area contributed by atoms with Crippen molar-refractivity contribution >= 4 is 0 Å². The van der Waals surface area contributed by atoms with Crippen LogP contribution < -0.4 is 5.32 Å². The Labute approximate surface area is 73.0 Å². The number of nitrogens with zero attached hydrogens (tertiary/aromatic N) is 3. The summed E-state index contributed by atoms with van der Waals surface area (Å²) in [6, 6.07) is 0.570. The summed E-state index contributed by atoms with van der Waals surface area (Å²) >= 11 is 0. The summed E-state index contributed by atoms with van der Waals surface area (Å²) in [7, 11) is 0. The van der Waals surface area contributed by atoms with Crippen molar-refractivity contribution in [1.82, 2.24) is 20.1 Å². The number of aryl methyl sites for hydroxylation is 1. The minimum atomic E-state index is 0.570. The van der Waals surface area contributed by atoms with Crippen LogP contribution in [0.25, 0.3) is 0 Å². The molecule has 0 aliphatic carbocycles. The molecule has 0 radical (unpaired) electrons. The van der Waals surface area contributed by atoms with E-state index < -0.39 is 0 Å². The molecule has 0 fully saturated rings. The van der Waals surface area contributed by atoms with Gasteiger partial charge in [0.15, 0.2) is 0 Å². The molecule has 0 aliphatic rings. The highest BCUT2D eigenvalue weighted by Crippen LogP contribution is 1.86. The molecular formula is C8H16N4. The molecule has 4 nitrogen and oxygen atoms in total. The van der Waals surface area contributed by atoms with Crippen LogP contribution in [0.3, 0.4) is 0 Å². The van der Waals surface area contributed by atoms with E-state index in [-0.39, 0.29) is 0 Å². The van der Waals surface area contributed by atoms with Crippen molar-refractivity contribution in [2.45, 2.75) is 32.9 Å². The van der Waals surface area contributed by atoms with E-state index in [2.05, 4.69) is 29.2 Å². The lowest BCUT2D eigenvalue weighted by molar-refractivity contribution is 0.513. The second kappa shape index (κ2) is 4.87. The maximum absolute atomic E-state index is 4.01. The molecule has 68 valence electrons. The second-order valence-corrected chi connectivity index (χ2v) is 3.12. The summed E-state index contributed by atoms with van der Waals surface area (Å²) in [5.74, 6) is 0. The maximum Gasteiger partial charge on any atom is 0.137 e. The predicted octanol–water partition coefficient (Wildman–Crippen LogP) is 0.666. The summed E-state index contributed by atoms with van der Waals surface area (Å²) in [4.78, 5) is 3.87. The Balaban J connectivity index is 2.04. The SMILES string of the molecule is CC(C)NCCCn1cncn1. The Bertz CT molecular complexity index is 193. The molecule has 12 heavy (non-hydrogen) atoms. The molecule has 0 bridgehead atoms. The number of hydrogen-bond acceptors (Lipinski definition) is 3. The van der Waals surface area contributed by atoms with Crippen LogP contribution in [0, 0.1) is 0 Å². The van der Waals surface area contributed by atoms with Gasteiger partial charge in [-0.1, -0.05) is 13.8 Å². The zero-order chi connectivity index (χ0) is 8.81. The fourth-order valence-electron chi connectivity index (χ4n) is 0.980. The van der Waals surface area contributed by atoms with E-state index >= 15 is 0 Å². The Kier molecular flexibility index (Phi) is 3.73. The van der Waals surface area contributed by atoms with Crippen molar-refractivity contribution in [2.75, 3.05) is 6.54 Å². The van der Waals surface area contributed by atoms with Crippen molar-refractivity contribution in [3.05, 3.63) is 12.7 Å². The Hall–Kier alpha value is -0.900. The zero-order valence-electron chi connectivity index (χ0n) is 7.70. The lowest BCUT2D eigenvalue weighted by atomic mass is 10.3. The topological polar surface area (TPSA) is 42.7 Å². The van der Waals surface area contributed by atoms with Crippen LogP contribution in [0.4, 0.5) is 0 Å². The van der Waals surface area contributed by atoms with Crippen molar-refractivity contribution in [1.29, 1.82) is 0 Å². The molecule has 0 unspecified atom stereocenters. The number of rotatable bonds is 5. The largest absolute Gasteiger partial charge is 0.314 e. The summed E-state index contributed by atoms with van der Waals surface area (Å²) in [5.41, 5.74) is 0. The molecule has 1 aromatic heterocycles. The Morgan fingerprint density at radius 2 is 2.33 bits per heavy atom. The first kappa shape index (κ1) is 9.19. The molecular weight excluding hydrogens is 152 g/mol. The molecule has 0 saturated carbocycles. The molecule has 4 heteroatoms. The van der Waals surface area contributed by atoms with Gasteiger partial charge in [-0.25, -0.2) is 4.98 Å².